The summed E-state index contributed by atoms with van der Waals surface area (Å²) in [6, 6.07) is 1.30. The zero-order valence-corrected chi connectivity index (χ0v) is 15.2. The molecule has 1 fully saturated rings. The molecule has 1 aliphatic rings. The average Bonchev–Trinajstić information content (AvgIpc) is 2.86. The van der Waals surface area contributed by atoms with Gasteiger partial charge in [0.25, 0.3) is 5.91 Å². The Morgan fingerprint density at radius 3 is 2.46 bits per heavy atom. The van der Waals surface area contributed by atoms with Crippen LogP contribution in [-0.4, -0.2) is 64.9 Å². The second-order valence-electron chi connectivity index (χ2n) is 5.65. The van der Waals surface area contributed by atoms with Crippen molar-refractivity contribution in [2.75, 3.05) is 32.7 Å². The van der Waals surface area contributed by atoms with Crippen molar-refractivity contribution in [1.82, 2.24) is 19.7 Å². The first-order valence-corrected chi connectivity index (χ1v) is 8.37. The van der Waals surface area contributed by atoms with Gasteiger partial charge >= 0.3 is 0 Å². The van der Waals surface area contributed by atoms with Crippen LogP contribution in [0.4, 0.5) is 0 Å². The number of nitrogens with one attached hydrogen (secondary N) is 1. The van der Waals surface area contributed by atoms with Crippen molar-refractivity contribution in [3.63, 3.8) is 0 Å². The third kappa shape index (κ3) is 3.86. The van der Waals surface area contributed by atoms with E-state index in [0.717, 1.165) is 0 Å². The quantitative estimate of drug-likeness (QED) is 0.810. The van der Waals surface area contributed by atoms with E-state index in [4.69, 9.17) is 29.6 Å². The minimum absolute atomic E-state index is 0.103. The van der Waals surface area contributed by atoms with Gasteiger partial charge in [-0.15, -0.1) is 6.42 Å². The molecule has 6 nitrogen and oxygen atoms in total. The van der Waals surface area contributed by atoms with Gasteiger partial charge in [0.2, 0.25) is 5.91 Å². The van der Waals surface area contributed by atoms with E-state index < -0.39 is 0 Å². The molecule has 2 heterocycles. The van der Waals surface area contributed by atoms with Crippen LogP contribution in [0.15, 0.2) is 6.07 Å². The van der Waals surface area contributed by atoms with E-state index in [2.05, 4.69) is 11.2 Å². The highest BCUT2D eigenvalue weighted by molar-refractivity contribution is 6.41. The highest BCUT2D eigenvalue weighted by Crippen LogP contribution is 2.26. The lowest BCUT2D eigenvalue weighted by molar-refractivity contribution is -0.126. The normalized spacial score (nSPS) is 16.5. The molecule has 1 atom stereocenters. The van der Waals surface area contributed by atoms with Crippen molar-refractivity contribution in [3.05, 3.63) is 21.9 Å². The Labute approximate surface area is 151 Å². The summed E-state index contributed by atoms with van der Waals surface area (Å²) in [6.45, 7) is 4.35. The second-order valence-corrected chi connectivity index (χ2v) is 6.42. The number of amides is 2. The molecule has 0 radical (unpaired) electrons. The van der Waals surface area contributed by atoms with E-state index in [1.165, 1.54) is 0 Å². The molecule has 0 aromatic carbocycles. The SMILES string of the molecule is C#CCNC(=O)[C@H](C)N1CCN(C(=O)c2cc(Cl)c(Cl)n2C)CC1. The maximum absolute atomic E-state index is 12.6. The van der Waals surface area contributed by atoms with Crippen molar-refractivity contribution in [2.24, 2.45) is 7.05 Å². The Morgan fingerprint density at radius 1 is 1.33 bits per heavy atom. The van der Waals surface area contributed by atoms with Gasteiger partial charge in [-0.25, -0.2) is 0 Å². The summed E-state index contributed by atoms with van der Waals surface area (Å²) < 4.78 is 1.58. The molecule has 24 heavy (non-hydrogen) atoms. The molecule has 0 aliphatic carbocycles. The zero-order chi connectivity index (χ0) is 17.9. The van der Waals surface area contributed by atoms with Gasteiger partial charge in [0.05, 0.1) is 17.6 Å². The van der Waals surface area contributed by atoms with Crippen LogP contribution < -0.4 is 5.32 Å². The van der Waals surface area contributed by atoms with Crippen LogP contribution in [0, 0.1) is 12.3 Å². The van der Waals surface area contributed by atoms with Crippen molar-refractivity contribution >= 4 is 35.0 Å². The first-order chi connectivity index (χ1) is 11.4. The topological polar surface area (TPSA) is 57.6 Å². The zero-order valence-electron chi connectivity index (χ0n) is 13.7. The molecule has 1 saturated heterocycles. The minimum Gasteiger partial charge on any atom is -0.344 e. The van der Waals surface area contributed by atoms with Crippen LogP contribution >= 0.6 is 23.2 Å². The summed E-state index contributed by atoms with van der Waals surface area (Å²) in [4.78, 5) is 28.3. The molecule has 130 valence electrons. The van der Waals surface area contributed by atoms with Crippen LogP contribution in [0.3, 0.4) is 0 Å². The lowest BCUT2D eigenvalue weighted by Gasteiger charge is -2.37. The van der Waals surface area contributed by atoms with Crippen molar-refractivity contribution in [3.8, 4) is 12.3 Å². The van der Waals surface area contributed by atoms with E-state index >= 15 is 0 Å². The largest absolute Gasteiger partial charge is 0.344 e. The van der Waals surface area contributed by atoms with Crippen LogP contribution in [0.5, 0.6) is 0 Å². The monoisotopic (exact) mass is 370 g/mol. The van der Waals surface area contributed by atoms with Crippen LogP contribution in [0.25, 0.3) is 0 Å². The predicted molar refractivity (Wildman–Crippen MR) is 94.2 cm³/mol. The molecule has 2 amide bonds. The molecule has 1 aromatic heterocycles. The number of nitrogens with zero attached hydrogens (tertiary/aromatic N) is 3. The number of carbonyl (C=O) groups is 2. The number of piperazine rings is 1. The number of halogens is 2. The Hall–Kier alpha value is -1.68. The Morgan fingerprint density at radius 2 is 1.96 bits per heavy atom. The highest BCUT2D eigenvalue weighted by Gasteiger charge is 2.29. The lowest BCUT2D eigenvalue weighted by Crippen LogP contribution is -2.55. The maximum atomic E-state index is 12.6. The van der Waals surface area contributed by atoms with Gasteiger partial charge in [-0.2, -0.15) is 0 Å². The van der Waals surface area contributed by atoms with Gasteiger partial charge in [0.15, 0.2) is 0 Å². The molecule has 1 aromatic rings. The number of hydrogen-bond acceptors (Lipinski definition) is 3. The standard InChI is InChI=1S/C16H20Cl2N4O2/c1-4-5-19-15(23)11(2)21-6-8-22(9-7-21)16(24)13-10-12(17)14(18)20(13)3/h1,10-11H,5-9H2,2-3H3,(H,19,23)/t11-/m0/s1. The van der Waals surface area contributed by atoms with Gasteiger partial charge in [-0.1, -0.05) is 29.1 Å². The summed E-state index contributed by atoms with van der Waals surface area (Å²) in [5, 5.41) is 3.38. The highest BCUT2D eigenvalue weighted by atomic mass is 35.5. The molecular weight excluding hydrogens is 351 g/mol. The van der Waals surface area contributed by atoms with Crippen molar-refractivity contribution in [1.29, 1.82) is 0 Å². The smallest absolute Gasteiger partial charge is 0.270 e. The van der Waals surface area contributed by atoms with E-state index in [0.29, 0.717) is 42.0 Å². The van der Waals surface area contributed by atoms with Gasteiger partial charge in [-0.3, -0.25) is 14.5 Å². The first-order valence-electron chi connectivity index (χ1n) is 7.62. The number of terminal acetylenes is 1. The van der Waals surface area contributed by atoms with E-state index in [9.17, 15) is 9.59 Å². The molecular formula is C16H20Cl2N4O2. The summed E-state index contributed by atoms with van der Waals surface area (Å²) in [5.41, 5.74) is 0.457. The van der Waals surface area contributed by atoms with Gasteiger partial charge in [0, 0.05) is 33.2 Å². The molecule has 0 bridgehead atoms. The maximum Gasteiger partial charge on any atom is 0.270 e. The summed E-state index contributed by atoms with van der Waals surface area (Å²) >= 11 is 12.0. The molecule has 0 spiro atoms. The van der Waals surface area contributed by atoms with Gasteiger partial charge in [0.1, 0.15) is 10.8 Å². The first kappa shape index (κ1) is 18.7. The molecule has 8 heteroatoms. The molecule has 1 N–H and O–H groups in total. The van der Waals surface area contributed by atoms with E-state index in [1.54, 1.807) is 22.6 Å². The molecule has 1 aliphatic heterocycles. The lowest BCUT2D eigenvalue weighted by atomic mass is 10.2. The van der Waals surface area contributed by atoms with Gasteiger partial charge < -0.3 is 14.8 Å². The molecule has 2 rings (SSSR count). The van der Waals surface area contributed by atoms with Crippen LogP contribution in [0.2, 0.25) is 10.2 Å². The summed E-state index contributed by atoms with van der Waals surface area (Å²) in [5.74, 6) is 2.16. The minimum atomic E-state index is -0.283. The predicted octanol–water partition coefficient (Wildman–Crippen LogP) is 1.23. The summed E-state index contributed by atoms with van der Waals surface area (Å²) in [6.07, 6.45) is 5.14. The van der Waals surface area contributed by atoms with Crippen LogP contribution in [0.1, 0.15) is 17.4 Å². The Balaban J connectivity index is 1.95. The molecule has 0 saturated carbocycles. The third-order valence-corrected chi connectivity index (χ3v) is 5.07. The van der Waals surface area contributed by atoms with Crippen LogP contribution in [-0.2, 0) is 11.8 Å². The Kier molecular flexibility index (Phi) is 6.16. The summed E-state index contributed by atoms with van der Waals surface area (Å²) in [7, 11) is 1.70. The number of carbonyl (C=O) groups excluding carboxylic acids is 2. The van der Waals surface area contributed by atoms with Crippen molar-refractivity contribution < 1.29 is 9.59 Å². The second kappa shape index (κ2) is 7.93. The Bertz CT molecular complexity index is 672. The average molecular weight is 371 g/mol. The fourth-order valence-corrected chi connectivity index (χ4v) is 3.05. The van der Waals surface area contributed by atoms with E-state index in [-0.39, 0.29) is 24.4 Å². The van der Waals surface area contributed by atoms with Crippen molar-refractivity contribution in [2.45, 2.75) is 13.0 Å². The number of aromatic nitrogens is 1. The van der Waals surface area contributed by atoms with E-state index in [1.807, 2.05) is 11.8 Å². The van der Waals surface area contributed by atoms with Gasteiger partial charge in [-0.05, 0) is 13.0 Å². The number of rotatable bonds is 4. The third-order valence-electron chi connectivity index (χ3n) is 4.23. The fraction of sp³-hybridized carbons (Fsp3) is 0.500. The fourth-order valence-electron chi connectivity index (χ4n) is 2.67. The number of hydrogen-bond donors (Lipinski definition) is 1. The molecule has 0 unspecified atom stereocenters.